The van der Waals surface area contributed by atoms with E-state index in [2.05, 4.69) is 16.0 Å². The maximum absolute atomic E-state index is 13.1. The molecular formula is C22H22N4O2. The Labute approximate surface area is 164 Å². The van der Waals surface area contributed by atoms with Gasteiger partial charge in [-0.3, -0.25) is 9.78 Å². The zero-order valence-electron chi connectivity index (χ0n) is 15.7. The molecule has 6 nitrogen and oxygen atoms in total. The SMILES string of the molecule is COc1cccc(C2CCCN2C(=O)c2ccc(-c3cncc(N)n3)cc2)c1. The number of methoxy groups -OCH3 is 1. The van der Waals surface area contributed by atoms with Gasteiger partial charge in [0.2, 0.25) is 0 Å². The van der Waals surface area contributed by atoms with Crippen molar-refractivity contribution in [2.45, 2.75) is 18.9 Å². The summed E-state index contributed by atoms with van der Waals surface area (Å²) in [6.45, 7) is 0.753. The molecule has 0 spiro atoms. The van der Waals surface area contributed by atoms with Crippen LogP contribution in [0, 0.1) is 0 Å². The Bertz CT molecular complexity index is 988. The lowest BCUT2D eigenvalue weighted by atomic mass is 10.0. The molecule has 1 aliphatic rings. The quantitative estimate of drug-likeness (QED) is 0.753. The number of carbonyl (C=O) groups is 1. The number of likely N-dealkylation sites (tertiary alicyclic amines) is 1. The van der Waals surface area contributed by atoms with Crippen LogP contribution in [0.25, 0.3) is 11.3 Å². The topological polar surface area (TPSA) is 81.3 Å². The van der Waals surface area contributed by atoms with E-state index in [9.17, 15) is 4.79 Å². The molecule has 1 amide bonds. The third-order valence-corrected chi connectivity index (χ3v) is 5.07. The molecule has 3 aromatic rings. The summed E-state index contributed by atoms with van der Waals surface area (Å²) in [6, 6.07) is 15.5. The van der Waals surface area contributed by atoms with Gasteiger partial charge in [-0.2, -0.15) is 0 Å². The summed E-state index contributed by atoms with van der Waals surface area (Å²) < 4.78 is 5.33. The van der Waals surface area contributed by atoms with Gasteiger partial charge in [-0.1, -0.05) is 24.3 Å². The molecule has 2 heterocycles. The van der Waals surface area contributed by atoms with Gasteiger partial charge >= 0.3 is 0 Å². The normalized spacial score (nSPS) is 16.2. The van der Waals surface area contributed by atoms with E-state index in [1.165, 1.54) is 6.20 Å². The van der Waals surface area contributed by atoms with Crippen molar-refractivity contribution in [1.29, 1.82) is 0 Å². The number of rotatable bonds is 4. The molecule has 2 N–H and O–H groups in total. The van der Waals surface area contributed by atoms with Crippen LogP contribution in [0.4, 0.5) is 5.82 Å². The number of nitrogen functional groups attached to an aromatic ring is 1. The van der Waals surface area contributed by atoms with Gasteiger partial charge in [-0.25, -0.2) is 4.98 Å². The van der Waals surface area contributed by atoms with Crippen molar-refractivity contribution in [2.75, 3.05) is 19.4 Å². The predicted molar refractivity (Wildman–Crippen MR) is 108 cm³/mol. The summed E-state index contributed by atoms with van der Waals surface area (Å²) in [5.74, 6) is 1.22. The number of hydrogen-bond donors (Lipinski definition) is 1. The molecule has 2 aromatic carbocycles. The van der Waals surface area contributed by atoms with Crippen LogP contribution in [0.2, 0.25) is 0 Å². The Morgan fingerprint density at radius 3 is 2.75 bits per heavy atom. The van der Waals surface area contributed by atoms with Crippen LogP contribution in [0.5, 0.6) is 5.75 Å². The van der Waals surface area contributed by atoms with E-state index in [1.807, 2.05) is 47.4 Å². The first kappa shape index (κ1) is 18.0. The van der Waals surface area contributed by atoms with Crippen LogP contribution >= 0.6 is 0 Å². The first-order valence-corrected chi connectivity index (χ1v) is 9.28. The second kappa shape index (κ2) is 7.68. The number of nitrogens with two attached hydrogens (primary N) is 1. The molecule has 1 atom stereocenters. The number of ether oxygens (including phenoxy) is 1. The maximum atomic E-state index is 13.1. The number of hydrogen-bond acceptors (Lipinski definition) is 5. The van der Waals surface area contributed by atoms with Gasteiger partial charge in [0, 0.05) is 17.7 Å². The number of carbonyl (C=O) groups excluding carboxylic acids is 1. The lowest BCUT2D eigenvalue weighted by molar-refractivity contribution is 0.0735. The predicted octanol–water partition coefficient (Wildman–Crippen LogP) is 3.71. The number of benzene rings is 2. The van der Waals surface area contributed by atoms with Crippen LogP contribution in [-0.2, 0) is 0 Å². The fourth-order valence-electron chi connectivity index (χ4n) is 3.67. The van der Waals surface area contributed by atoms with Crippen molar-refractivity contribution in [3.8, 4) is 17.0 Å². The summed E-state index contributed by atoms with van der Waals surface area (Å²) in [4.78, 5) is 23.4. The first-order chi connectivity index (χ1) is 13.7. The first-order valence-electron chi connectivity index (χ1n) is 9.28. The van der Waals surface area contributed by atoms with E-state index < -0.39 is 0 Å². The van der Waals surface area contributed by atoms with E-state index in [0.717, 1.165) is 36.3 Å². The Kier molecular flexibility index (Phi) is 4.93. The van der Waals surface area contributed by atoms with Crippen LogP contribution in [0.15, 0.2) is 60.9 Å². The fraction of sp³-hybridized carbons (Fsp3) is 0.227. The Balaban J connectivity index is 1.56. The lowest BCUT2D eigenvalue weighted by Gasteiger charge is -2.25. The molecule has 1 saturated heterocycles. The van der Waals surface area contributed by atoms with Crippen molar-refractivity contribution >= 4 is 11.7 Å². The third kappa shape index (κ3) is 3.53. The summed E-state index contributed by atoms with van der Waals surface area (Å²) in [6.07, 6.45) is 5.11. The minimum absolute atomic E-state index is 0.0375. The Morgan fingerprint density at radius 1 is 1.18 bits per heavy atom. The standard InChI is InChI=1S/C22H22N4O2/c1-28-18-5-2-4-17(12-18)20-6-3-11-26(20)22(27)16-9-7-15(8-10-16)19-13-24-14-21(23)25-19/h2,4-5,7-10,12-14,20H,3,6,11H2,1H3,(H2,23,25). The van der Waals surface area contributed by atoms with Crippen LogP contribution in [-0.4, -0.2) is 34.4 Å². The molecule has 0 saturated carbocycles. The minimum Gasteiger partial charge on any atom is -0.497 e. The number of anilines is 1. The van der Waals surface area contributed by atoms with Gasteiger partial charge in [0.05, 0.1) is 31.2 Å². The van der Waals surface area contributed by atoms with E-state index in [1.54, 1.807) is 13.3 Å². The molecule has 28 heavy (non-hydrogen) atoms. The monoisotopic (exact) mass is 374 g/mol. The van der Waals surface area contributed by atoms with Crippen molar-refractivity contribution in [2.24, 2.45) is 0 Å². The lowest BCUT2D eigenvalue weighted by Crippen LogP contribution is -2.30. The summed E-state index contributed by atoms with van der Waals surface area (Å²) in [7, 11) is 1.66. The van der Waals surface area contributed by atoms with Crippen LogP contribution in [0.1, 0.15) is 34.8 Å². The van der Waals surface area contributed by atoms with Crippen molar-refractivity contribution in [3.05, 3.63) is 72.1 Å². The number of nitrogens with zero attached hydrogens (tertiary/aromatic N) is 3. The van der Waals surface area contributed by atoms with Crippen LogP contribution in [0.3, 0.4) is 0 Å². The van der Waals surface area contributed by atoms with Gasteiger partial charge in [-0.15, -0.1) is 0 Å². The zero-order valence-corrected chi connectivity index (χ0v) is 15.7. The molecule has 4 rings (SSSR count). The fourth-order valence-corrected chi connectivity index (χ4v) is 3.67. The largest absolute Gasteiger partial charge is 0.497 e. The minimum atomic E-state index is 0.0375. The second-order valence-corrected chi connectivity index (χ2v) is 6.84. The molecule has 1 unspecified atom stereocenters. The summed E-state index contributed by atoms with van der Waals surface area (Å²) in [5, 5.41) is 0. The van der Waals surface area contributed by atoms with Gasteiger partial charge in [-0.05, 0) is 42.7 Å². The number of aromatic nitrogens is 2. The van der Waals surface area contributed by atoms with Gasteiger partial charge in [0.15, 0.2) is 0 Å². The summed E-state index contributed by atoms with van der Waals surface area (Å²) >= 11 is 0. The molecule has 142 valence electrons. The Hall–Kier alpha value is -3.41. The number of amides is 1. The zero-order chi connectivity index (χ0) is 19.5. The van der Waals surface area contributed by atoms with Crippen molar-refractivity contribution in [3.63, 3.8) is 0 Å². The van der Waals surface area contributed by atoms with Crippen molar-refractivity contribution < 1.29 is 9.53 Å². The second-order valence-electron chi connectivity index (χ2n) is 6.84. The van der Waals surface area contributed by atoms with Gasteiger partial charge in [0.25, 0.3) is 5.91 Å². The van der Waals surface area contributed by atoms with E-state index in [4.69, 9.17) is 10.5 Å². The highest BCUT2D eigenvalue weighted by Crippen LogP contribution is 2.34. The molecule has 1 aromatic heterocycles. The molecule has 6 heteroatoms. The smallest absolute Gasteiger partial charge is 0.254 e. The Morgan fingerprint density at radius 2 is 2.00 bits per heavy atom. The maximum Gasteiger partial charge on any atom is 0.254 e. The highest BCUT2D eigenvalue weighted by atomic mass is 16.5. The van der Waals surface area contributed by atoms with Crippen molar-refractivity contribution in [1.82, 2.24) is 14.9 Å². The highest BCUT2D eigenvalue weighted by molar-refractivity contribution is 5.95. The third-order valence-electron chi connectivity index (χ3n) is 5.07. The molecule has 0 aliphatic carbocycles. The van der Waals surface area contributed by atoms with Gasteiger partial charge in [0.1, 0.15) is 11.6 Å². The van der Waals surface area contributed by atoms with E-state index in [-0.39, 0.29) is 11.9 Å². The summed E-state index contributed by atoms with van der Waals surface area (Å²) in [5.41, 5.74) is 9.04. The molecule has 1 fully saturated rings. The highest BCUT2D eigenvalue weighted by Gasteiger charge is 2.30. The molecule has 0 radical (unpaired) electrons. The molecular weight excluding hydrogens is 352 g/mol. The average molecular weight is 374 g/mol. The van der Waals surface area contributed by atoms with E-state index in [0.29, 0.717) is 17.1 Å². The van der Waals surface area contributed by atoms with Crippen LogP contribution < -0.4 is 10.5 Å². The van der Waals surface area contributed by atoms with Gasteiger partial charge < -0.3 is 15.4 Å². The molecule has 1 aliphatic heterocycles. The van der Waals surface area contributed by atoms with E-state index >= 15 is 0 Å². The average Bonchev–Trinajstić information content (AvgIpc) is 3.23. The molecule has 0 bridgehead atoms.